The van der Waals surface area contributed by atoms with Gasteiger partial charge < -0.3 is 0 Å². The molecule has 0 aromatic carbocycles. The molecule has 0 aromatic heterocycles. The fourth-order valence-corrected chi connectivity index (χ4v) is 1.55. The average molecular weight is 159 g/mol. The van der Waals surface area contributed by atoms with Crippen LogP contribution >= 0.6 is 0 Å². The highest BCUT2D eigenvalue weighted by Crippen LogP contribution is 2.32. The van der Waals surface area contributed by atoms with Crippen molar-refractivity contribution in [1.29, 1.82) is 5.26 Å². The molecule has 11 heavy (non-hydrogen) atoms. The normalized spacial score (nSPS) is 44.9. The van der Waals surface area contributed by atoms with Crippen molar-refractivity contribution in [2.45, 2.75) is 32.1 Å². The molecule has 0 aromatic rings. The van der Waals surface area contributed by atoms with E-state index in [9.17, 15) is 8.78 Å². The van der Waals surface area contributed by atoms with Gasteiger partial charge in [-0.05, 0) is 18.8 Å². The summed E-state index contributed by atoms with van der Waals surface area (Å²) in [4.78, 5) is 0. The number of halogens is 2. The quantitative estimate of drug-likeness (QED) is 0.531. The van der Waals surface area contributed by atoms with Gasteiger partial charge in [0.05, 0.1) is 6.07 Å². The third kappa shape index (κ3) is 1.68. The predicted molar refractivity (Wildman–Crippen MR) is 37.3 cm³/mol. The molecule has 1 aliphatic rings. The second-order valence-electron chi connectivity index (χ2n) is 3.26. The highest BCUT2D eigenvalue weighted by molar-refractivity contribution is 4.97. The van der Waals surface area contributed by atoms with Gasteiger partial charge in [0.2, 0.25) is 0 Å². The number of nitriles is 1. The third-order valence-corrected chi connectivity index (χ3v) is 2.18. The van der Waals surface area contributed by atoms with E-state index in [0.717, 1.165) is 0 Å². The minimum Gasteiger partial charge on any atom is -0.246 e. The summed E-state index contributed by atoms with van der Waals surface area (Å²) in [5.41, 5.74) is 0. The molecule has 62 valence electrons. The van der Waals surface area contributed by atoms with Gasteiger partial charge in [0.1, 0.15) is 18.3 Å². The van der Waals surface area contributed by atoms with Crippen LogP contribution in [0.4, 0.5) is 8.78 Å². The summed E-state index contributed by atoms with van der Waals surface area (Å²) < 4.78 is 25.8. The Labute approximate surface area is 65.0 Å². The molecule has 0 aliphatic heterocycles. The fraction of sp³-hybridized carbons (Fsp3) is 0.875. The summed E-state index contributed by atoms with van der Waals surface area (Å²) in [5.74, 6) is -0.948. The van der Waals surface area contributed by atoms with Gasteiger partial charge in [-0.15, -0.1) is 0 Å². The lowest BCUT2D eigenvalue weighted by molar-refractivity contribution is 0.0805. The van der Waals surface area contributed by atoms with Crippen molar-refractivity contribution < 1.29 is 8.78 Å². The third-order valence-electron chi connectivity index (χ3n) is 2.18. The first-order valence-electron chi connectivity index (χ1n) is 3.83. The molecule has 0 N–H and O–H groups in total. The van der Waals surface area contributed by atoms with E-state index >= 15 is 0 Å². The average Bonchev–Trinajstić information content (AvgIpc) is 1.85. The number of hydrogen-bond donors (Lipinski definition) is 0. The van der Waals surface area contributed by atoms with Crippen LogP contribution in [0.1, 0.15) is 19.8 Å². The molecule has 1 fully saturated rings. The topological polar surface area (TPSA) is 23.8 Å². The maximum absolute atomic E-state index is 12.9. The van der Waals surface area contributed by atoms with Gasteiger partial charge in [-0.2, -0.15) is 5.26 Å². The summed E-state index contributed by atoms with van der Waals surface area (Å²) in [6.07, 6.45) is -1.87. The van der Waals surface area contributed by atoms with E-state index in [2.05, 4.69) is 0 Å². The summed E-state index contributed by atoms with van der Waals surface area (Å²) in [5, 5.41) is 8.39. The van der Waals surface area contributed by atoms with E-state index in [1.54, 1.807) is 6.07 Å². The van der Waals surface area contributed by atoms with E-state index in [0.29, 0.717) is 12.8 Å². The van der Waals surface area contributed by atoms with Gasteiger partial charge in [0, 0.05) is 0 Å². The summed E-state index contributed by atoms with van der Waals surface area (Å²) in [6, 6.07) is 1.67. The van der Waals surface area contributed by atoms with Crippen molar-refractivity contribution in [1.82, 2.24) is 0 Å². The molecule has 1 saturated carbocycles. The molecule has 0 bridgehead atoms. The van der Waals surface area contributed by atoms with Gasteiger partial charge in [0.15, 0.2) is 0 Å². The van der Waals surface area contributed by atoms with Crippen molar-refractivity contribution in [3.63, 3.8) is 0 Å². The minimum atomic E-state index is -1.27. The Morgan fingerprint density at radius 2 is 1.73 bits per heavy atom. The van der Waals surface area contributed by atoms with Crippen LogP contribution in [0, 0.1) is 23.2 Å². The molecule has 0 spiro atoms. The molecule has 1 aliphatic carbocycles. The van der Waals surface area contributed by atoms with Crippen LogP contribution in [0.5, 0.6) is 0 Å². The van der Waals surface area contributed by atoms with Crippen LogP contribution < -0.4 is 0 Å². The van der Waals surface area contributed by atoms with Crippen LogP contribution in [-0.2, 0) is 0 Å². The first kappa shape index (κ1) is 8.45. The molecule has 0 saturated heterocycles. The second-order valence-corrected chi connectivity index (χ2v) is 3.26. The molecule has 0 heterocycles. The minimum absolute atomic E-state index is 0.0737. The van der Waals surface area contributed by atoms with Crippen molar-refractivity contribution in [2.24, 2.45) is 11.8 Å². The molecule has 0 amide bonds. The maximum atomic E-state index is 12.9. The smallest absolute Gasteiger partial charge is 0.119 e. The largest absolute Gasteiger partial charge is 0.246 e. The molecule has 1 rings (SSSR count). The summed E-state index contributed by atoms with van der Waals surface area (Å²) in [7, 11) is 0. The molecule has 1 nitrogen and oxygen atoms in total. The standard InChI is InChI=1S/C8H11F2N/c1-5-2-7(9)6(4-11)8(10)3-5/h5-8H,2-3H2,1H3. The Hall–Kier alpha value is -0.650. The SMILES string of the molecule is CC1CC(F)C(C#N)C(F)C1. The predicted octanol–water partition coefficient (Wildman–Crippen LogP) is 2.23. The number of nitrogens with zero attached hydrogens (tertiary/aromatic N) is 1. The van der Waals surface area contributed by atoms with Crippen LogP contribution in [0.2, 0.25) is 0 Å². The van der Waals surface area contributed by atoms with Crippen LogP contribution in [-0.4, -0.2) is 12.3 Å². The maximum Gasteiger partial charge on any atom is 0.119 e. The first-order chi connectivity index (χ1) is 5.15. The highest BCUT2D eigenvalue weighted by atomic mass is 19.1. The van der Waals surface area contributed by atoms with E-state index in [1.165, 1.54) is 0 Å². The number of alkyl halides is 2. The van der Waals surface area contributed by atoms with E-state index in [1.807, 2.05) is 6.92 Å². The zero-order chi connectivity index (χ0) is 8.43. The van der Waals surface area contributed by atoms with Gasteiger partial charge >= 0.3 is 0 Å². The monoisotopic (exact) mass is 159 g/mol. The first-order valence-corrected chi connectivity index (χ1v) is 3.83. The van der Waals surface area contributed by atoms with Gasteiger partial charge in [0.25, 0.3) is 0 Å². The lowest BCUT2D eigenvalue weighted by atomic mass is 9.81. The zero-order valence-corrected chi connectivity index (χ0v) is 6.43. The van der Waals surface area contributed by atoms with Crippen LogP contribution in [0.15, 0.2) is 0 Å². The Balaban J connectivity index is 2.61. The Morgan fingerprint density at radius 1 is 1.27 bits per heavy atom. The van der Waals surface area contributed by atoms with Crippen molar-refractivity contribution in [2.75, 3.05) is 0 Å². The van der Waals surface area contributed by atoms with Gasteiger partial charge in [-0.3, -0.25) is 0 Å². The van der Waals surface area contributed by atoms with E-state index < -0.39 is 18.3 Å². The van der Waals surface area contributed by atoms with Gasteiger partial charge in [-0.25, -0.2) is 8.78 Å². The Morgan fingerprint density at radius 3 is 2.09 bits per heavy atom. The fourth-order valence-electron chi connectivity index (χ4n) is 1.55. The van der Waals surface area contributed by atoms with Gasteiger partial charge in [-0.1, -0.05) is 6.92 Å². The Kier molecular flexibility index (Phi) is 2.43. The number of hydrogen-bond acceptors (Lipinski definition) is 1. The van der Waals surface area contributed by atoms with Crippen LogP contribution in [0.25, 0.3) is 0 Å². The van der Waals surface area contributed by atoms with Crippen LogP contribution in [0.3, 0.4) is 0 Å². The highest BCUT2D eigenvalue weighted by Gasteiger charge is 2.36. The zero-order valence-electron chi connectivity index (χ0n) is 6.43. The molecular formula is C8H11F2N. The lowest BCUT2D eigenvalue weighted by Gasteiger charge is -2.28. The van der Waals surface area contributed by atoms with Crippen molar-refractivity contribution in [3.8, 4) is 6.07 Å². The number of rotatable bonds is 0. The van der Waals surface area contributed by atoms with E-state index in [4.69, 9.17) is 5.26 Å². The summed E-state index contributed by atoms with van der Waals surface area (Å²) >= 11 is 0. The van der Waals surface area contributed by atoms with Crippen molar-refractivity contribution >= 4 is 0 Å². The second kappa shape index (κ2) is 3.17. The van der Waals surface area contributed by atoms with Crippen molar-refractivity contribution in [3.05, 3.63) is 0 Å². The molecule has 2 unspecified atom stereocenters. The molecule has 2 atom stereocenters. The van der Waals surface area contributed by atoms with E-state index in [-0.39, 0.29) is 5.92 Å². The molecule has 0 radical (unpaired) electrons. The summed E-state index contributed by atoms with van der Waals surface area (Å²) in [6.45, 7) is 1.81. The molecule has 3 heteroatoms. The Bertz CT molecular complexity index is 163. The lowest BCUT2D eigenvalue weighted by Crippen LogP contribution is -2.33. The molecular weight excluding hydrogens is 148 g/mol.